The molecule has 19 heavy (non-hydrogen) atoms. The number of sulfonamides is 1. The van der Waals surface area contributed by atoms with E-state index < -0.39 is 10.0 Å². The molecule has 0 unspecified atom stereocenters. The van der Waals surface area contributed by atoms with Crippen LogP contribution in [0.25, 0.3) is 0 Å². The molecule has 2 rings (SSSR count). The van der Waals surface area contributed by atoms with Gasteiger partial charge in [-0.3, -0.25) is 9.71 Å². The lowest BCUT2D eigenvalue weighted by atomic mass is 10.2. The van der Waals surface area contributed by atoms with Gasteiger partial charge in [-0.05, 0) is 24.6 Å². The smallest absolute Gasteiger partial charge is 0.273 e. The van der Waals surface area contributed by atoms with Crippen LogP contribution in [0.4, 0.5) is 11.4 Å². The van der Waals surface area contributed by atoms with Gasteiger partial charge in [0.15, 0.2) is 4.21 Å². The second kappa shape index (κ2) is 5.18. The van der Waals surface area contributed by atoms with Gasteiger partial charge in [0.25, 0.3) is 10.0 Å². The summed E-state index contributed by atoms with van der Waals surface area (Å²) in [4.78, 5) is 5.73. The summed E-state index contributed by atoms with van der Waals surface area (Å²) < 4.78 is 26.9. The van der Waals surface area contributed by atoms with Gasteiger partial charge in [-0.15, -0.1) is 11.3 Å². The zero-order chi connectivity index (χ0) is 14.0. The van der Waals surface area contributed by atoms with Crippen molar-refractivity contribution in [2.75, 3.05) is 23.7 Å². The number of benzene rings is 1. The Balaban J connectivity index is 2.32. The Kier molecular flexibility index (Phi) is 3.77. The number of nitrogens with zero attached hydrogens (tertiary/aromatic N) is 2. The number of aryl methyl sites for hydroxylation is 1. The molecule has 0 fully saturated rings. The zero-order valence-corrected chi connectivity index (χ0v) is 12.5. The van der Waals surface area contributed by atoms with E-state index in [0.717, 1.165) is 22.6 Å². The molecule has 102 valence electrons. The molecule has 0 atom stereocenters. The summed E-state index contributed by atoms with van der Waals surface area (Å²) in [5, 5.41) is 0. The molecule has 7 heteroatoms. The van der Waals surface area contributed by atoms with Crippen LogP contribution >= 0.6 is 11.3 Å². The lowest BCUT2D eigenvalue weighted by molar-refractivity contribution is 0.603. The van der Waals surface area contributed by atoms with E-state index in [1.807, 2.05) is 38.1 Å². The van der Waals surface area contributed by atoms with Gasteiger partial charge >= 0.3 is 0 Å². The molecule has 0 bridgehead atoms. The van der Waals surface area contributed by atoms with Crippen molar-refractivity contribution in [3.8, 4) is 0 Å². The summed E-state index contributed by atoms with van der Waals surface area (Å²) in [6, 6.07) is 5.45. The maximum atomic E-state index is 12.1. The van der Waals surface area contributed by atoms with E-state index >= 15 is 0 Å². The first kappa shape index (κ1) is 13.8. The van der Waals surface area contributed by atoms with Crippen LogP contribution in [0.2, 0.25) is 0 Å². The fourth-order valence-electron chi connectivity index (χ4n) is 1.70. The lowest BCUT2D eigenvalue weighted by Crippen LogP contribution is -2.14. The van der Waals surface area contributed by atoms with Gasteiger partial charge in [-0.2, -0.15) is 0 Å². The van der Waals surface area contributed by atoms with Crippen molar-refractivity contribution in [1.29, 1.82) is 0 Å². The van der Waals surface area contributed by atoms with Crippen LogP contribution in [0.3, 0.4) is 0 Å². The van der Waals surface area contributed by atoms with Crippen LogP contribution in [-0.2, 0) is 10.0 Å². The van der Waals surface area contributed by atoms with Crippen LogP contribution in [0, 0.1) is 6.92 Å². The Bertz CT molecular complexity index is 664. The largest absolute Gasteiger partial charge is 0.377 e. The SMILES string of the molecule is Cc1ccc(NS(=O)(=O)c2cncs2)cc1N(C)C. The fraction of sp³-hybridized carbons (Fsp3) is 0.250. The molecule has 5 nitrogen and oxygen atoms in total. The van der Waals surface area contributed by atoms with Crippen molar-refractivity contribution in [1.82, 2.24) is 4.98 Å². The maximum absolute atomic E-state index is 12.1. The third kappa shape index (κ3) is 3.05. The highest BCUT2D eigenvalue weighted by molar-refractivity contribution is 7.94. The number of rotatable bonds is 4. The molecule has 0 aliphatic carbocycles. The van der Waals surface area contributed by atoms with Crippen molar-refractivity contribution in [2.24, 2.45) is 0 Å². The number of nitrogens with one attached hydrogen (secondary N) is 1. The topological polar surface area (TPSA) is 62.3 Å². The molecule has 0 spiro atoms. The summed E-state index contributed by atoms with van der Waals surface area (Å²) in [5.74, 6) is 0. The van der Waals surface area contributed by atoms with Gasteiger partial charge in [-0.1, -0.05) is 6.07 Å². The van der Waals surface area contributed by atoms with E-state index in [-0.39, 0.29) is 4.21 Å². The quantitative estimate of drug-likeness (QED) is 0.940. The summed E-state index contributed by atoms with van der Waals surface area (Å²) in [6.07, 6.45) is 1.34. The van der Waals surface area contributed by atoms with E-state index in [9.17, 15) is 8.42 Å². The highest BCUT2D eigenvalue weighted by Gasteiger charge is 2.16. The van der Waals surface area contributed by atoms with Crippen LogP contribution in [0.15, 0.2) is 34.1 Å². The molecule has 0 amide bonds. The van der Waals surface area contributed by atoms with Crippen LogP contribution in [0.1, 0.15) is 5.56 Å². The molecule has 0 radical (unpaired) electrons. The van der Waals surface area contributed by atoms with Gasteiger partial charge in [0, 0.05) is 19.8 Å². The Hall–Kier alpha value is -1.60. The molecule has 1 aromatic carbocycles. The normalized spacial score (nSPS) is 11.3. The highest BCUT2D eigenvalue weighted by Crippen LogP contribution is 2.25. The Morgan fingerprint density at radius 1 is 1.32 bits per heavy atom. The zero-order valence-electron chi connectivity index (χ0n) is 10.9. The monoisotopic (exact) mass is 297 g/mol. The molecule has 1 heterocycles. The molecule has 0 aliphatic heterocycles. The van der Waals surface area contributed by atoms with E-state index in [1.54, 1.807) is 6.07 Å². The van der Waals surface area contributed by atoms with Gasteiger partial charge < -0.3 is 4.90 Å². The van der Waals surface area contributed by atoms with Gasteiger partial charge in [0.1, 0.15) is 0 Å². The standard InChI is InChI=1S/C12H15N3O2S2/c1-9-4-5-10(6-11(9)15(2)3)14-19(16,17)12-7-13-8-18-12/h4-8,14H,1-3H3. The minimum atomic E-state index is -3.54. The van der Waals surface area contributed by atoms with E-state index in [1.165, 1.54) is 11.7 Å². The van der Waals surface area contributed by atoms with Gasteiger partial charge in [0.2, 0.25) is 0 Å². The molecule has 0 saturated carbocycles. The van der Waals surface area contributed by atoms with Crippen molar-refractivity contribution in [3.05, 3.63) is 35.5 Å². The molecule has 0 aliphatic rings. The number of hydrogen-bond donors (Lipinski definition) is 1. The van der Waals surface area contributed by atoms with E-state index in [2.05, 4.69) is 9.71 Å². The molecular weight excluding hydrogens is 282 g/mol. The third-order valence-corrected chi connectivity index (χ3v) is 5.27. The first-order valence-electron chi connectivity index (χ1n) is 5.59. The van der Waals surface area contributed by atoms with Crippen LogP contribution in [0.5, 0.6) is 0 Å². The summed E-state index contributed by atoms with van der Waals surface area (Å²) >= 11 is 1.09. The minimum absolute atomic E-state index is 0.208. The first-order chi connectivity index (χ1) is 8.90. The number of aromatic nitrogens is 1. The highest BCUT2D eigenvalue weighted by atomic mass is 32.2. The molecule has 1 aromatic heterocycles. The van der Waals surface area contributed by atoms with Crippen molar-refractivity contribution in [2.45, 2.75) is 11.1 Å². The molecule has 1 N–H and O–H groups in total. The van der Waals surface area contributed by atoms with Crippen molar-refractivity contribution < 1.29 is 8.42 Å². The summed E-state index contributed by atoms with van der Waals surface area (Å²) in [6.45, 7) is 1.98. The van der Waals surface area contributed by atoms with Crippen molar-refractivity contribution >= 4 is 32.7 Å². The second-order valence-corrected chi connectivity index (χ2v) is 7.12. The number of thiazole rings is 1. The third-order valence-electron chi connectivity index (χ3n) is 2.62. The van der Waals surface area contributed by atoms with Crippen LogP contribution < -0.4 is 9.62 Å². The number of hydrogen-bond acceptors (Lipinski definition) is 5. The lowest BCUT2D eigenvalue weighted by Gasteiger charge is -2.17. The average molecular weight is 297 g/mol. The average Bonchev–Trinajstić information content (AvgIpc) is 2.85. The van der Waals surface area contributed by atoms with Crippen LogP contribution in [-0.4, -0.2) is 27.5 Å². The molecule has 0 saturated heterocycles. The summed E-state index contributed by atoms with van der Waals surface area (Å²) in [7, 11) is 0.303. The predicted octanol–water partition coefficient (Wildman–Crippen LogP) is 2.32. The fourth-order valence-corrected chi connectivity index (χ4v) is 3.54. The Labute approximate surface area is 117 Å². The summed E-state index contributed by atoms with van der Waals surface area (Å²) in [5.41, 5.74) is 4.10. The Morgan fingerprint density at radius 2 is 2.05 bits per heavy atom. The first-order valence-corrected chi connectivity index (χ1v) is 7.96. The molecule has 2 aromatic rings. The second-order valence-electron chi connectivity index (χ2n) is 4.32. The minimum Gasteiger partial charge on any atom is -0.377 e. The predicted molar refractivity (Wildman–Crippen MR) is 78.4 cm³/mol. The Morgan fingerprint density at radius 3 is 2.63 bits per heavy atom. The van der Waals surface area contributed by atoms with E-state index in [0.29, 0.717) is 5.69 Å². The number of anilines is 2. The maximum Gasteiger partial charge on any atom is 0.273 e. The van der Waals surface area contributed by atoms with Gasteiger partial charge in [0.05, 0.1) is 17.4 Å². The van der Waals surface area contributed by atoms with Crippen molar-refractivity contribution in [3.63, 3.8) is 0 Å². The molecular formula is C12H15N3O2S2. The van der Waals surface area contributed by atoms with E-state index in [4.69, 9.17) is 0 Å². The van der Waals surface area contributed by atoms with Gasteiger partial charge in [-0.25, -0.2) is 8.42 Å².